The van der Waals surface area contributed by atoms with Gasteiger partial charge in [0.25, 0.3) is 5.56 Å². The first kappa shape index (κ1) is 38.6. The number of hydrogen-bond acceptors (Lipinski definition) is 11. The van der Waals surface area contributed by atoms with Gasteiger partial charge in [-0.2, -0.15) is 0 Å². The number of nitrogens with zero attached hydrogens (tertiary/aromatic N) is 2. The molecule has 11 nitrogen and oxygen atoms in total. The van der Waals surface area contributed by atoms with E-state index in [-0.39, 0.29) is 24.3 Å². The van der Waals surface area contributed by atoms with Crippen LogP contribution in [0.1, 0.15) is 49.1 Å². The average molecular weight is 763 g/mol. The Hall–Kier alpha value is -6.14. The maximum Gasteiger partial charge on any atom is 0.343 e. The number of rotatable bonds is 15. The Morgan fingerprint density at radius 3 is 2.45 bits per heavy atom. The van der Waals surface area contributed by atoms with Gasteiger partial charge in [-0.1, -0.05) is 65.9 Å². The van der Waals surface area contributed by atoms with Crippen LogP contribution in [0.5, 0.6) is 23.0 Å². The van der Waals surface area contributed by atoms with Crippen LogP contribution in [0.25, 0.3) is 16.8 Å². The number of ether oxygens (including phenoxy) is 6. The van der Waals surface area contributed by atoms with E-state index in [2.05, 4.69) is 24.8 Å². The van der Waals surface area contributed by atoms with Crippen LogP contribution in [0.4, 0.5) is 0 Å². The predicted octanol–water partition coefficient (Wildman–Crippen LogP) is 6.22. The Bertz CT molecular complexity index is 2470. The van der Waals surface area contributed by atoms with Gasteiger partial charge in [-0.25, -0.2) is 14.6 Å². The molecule has 284 valence electrons. The summed E-state index contributed by atoms with van der Waals surface area (Å²) in [7, 11) is 2.85. The number of carbonyl (C=O) groups excluding carboxylic acids is 2. The Labute approximate surface area is 322 Å². The minimum atomic E-state index is -0.901. The van der Waals surface area contributed by atoms with Crippen molar-refractivity contribution in [2.24, 2.45) is 4.99 Å². The van der Waals surface area contributed by atoms with Gasteiger partial charge in [-0.15, -0.1) is 6.58 Å². The second kappa shape index (κ2) is 17.3. The third-order valence-electron chi connectivity index (χ3n) is 8.96. The Morgan fingerprint density at radius 1 is 0.909 bits per heavy atom. The van der Waals surface area contributed by atoms with E-state index in [9.17, 15) is 14.4 Å². The topological polar surface area (TPSA) is 124 Å². The molecule has 0 unspecified atom stereocenters. The largest absolute Gasteiger partial charge is 0.493 e. The average Bonchev–Trinajstić information content (AvgIpc) is 3.49. The van der Waals surface area contributed by atoms with E-state index in [0.29, 0.717) is 68.8 Å². The summed E-state index contributed by atoms with van der Waals surface area (Å²) in [6.45, 7) is 9.63. The molecule has 6 rings (SSSR count). The first-order valence-corrected chi connectivity index (χ1v) is 18.6. The number of aromatic nitrogens is 1. The number of hydrogen-bond donors (Lipinski definition) is 0. The number of esters is 2. The van der Waals surface area contributed by atoms with Gasteiger partial charge in [0, 0.05) is 5.56 Å². The summed E-state index contributed by atoms with van der Waals surface area (Å²) < 4.78 is 35.9. The van der Waals surface area contributed by atoms with Gasteiger partial charge in [0.15, 0.2) is 34.4 Å². The molecule has 0 saturated carbocycles. The summed E-state index contributed by atoms with van der Waals surface area (Å²) in [5, 5.41) is 2.24. The lowest BCUT2D eigenvalue weighted by atomic mass is 9.95. The number of fused-ring (bicyclic) bond motifs is 2. The highest BCUT2D eigenvalue weighted by molar-refractivity contribution is 7.07. The Morgan fingerprint density at radius 2 is 1.71 bits per heavy atom. The van der Waals surface area contributed by atoms with Crippen LogP contribution in [-0.2, 0) is 32.1 Å². The lowest BCUT2D eigenvalue weighted by Gasteiger charge is -2.25. The summed E-state index contributed by atoms with van der Waals surface area (Å²) in [6, 6.07) is 22.2. The maximum absolute atomic E-state index is 14.4. The number of methoxy groups -OCH3 is 2. The molecular weight excluding hydrogens is 721 g/mol. The third kappa shape index (κ3) is 8.19. The van der Waals surface area contributed by atoms with Crippen LogP contribution in [0.2, 0.25) is 0 Å². The summed E-state index contributed by atoms with van der Waals surface area (Å²) in [6.07, 6.45) is 4.07. The molecule has 0 fully saturated rings. The van der Waals surface area contributed by atoms with Crippen molar-refractivity contribution >= 4 is 40.1 Å². The lowest BCUT2D eigenvalue weighted by Crippen LogP contribution is -2.40. The monoisotopic (exact) mass is 762 g/mol. The van der Waals surface area contributed by atoms with E-state index in [1.54, 1.807) is 51.3 Å². The SMILES string of the molecule is C=CCc1cc(/C=c2\sc3n(c2=O)[C@@H](c2ccc(OCC(=O)OC)c(OCC)c2)C(C(=O)OCC)=C(C)N=3)cc(OC)c1OCc1cccc2ccccc12. The van der Waals surface area contributed by atoms with Crippen molar-refractivity contribution in [2.45, 2.75) is 39.8 Å². The van der Waals surface area contributed by atoms with Gasteiger partial charge in [0.1, 0.15) is 6.61 Å². The van der Waals surface area contributed by atoms with E-state index in [4.69, 9.17) is 33.4 Å². The normalized spacial score (nSPS) is 13.8. The molecule has 5 aromatic rings. The molecule has 0 saturated heterocycles. The van der Waals surface area contributed by atoms with Crippen LogP contribution >= 0.6 is 11.3 Å². The molecule has 1 atom stereocenters. The Kier molecular flexibility index (Phi) is 12.2. The molecule has 1 aliphatic heterocycles. The summed E-state index contributed by atoms with van der Waals surface area (Å²) in [5.74, 6) is 0.579. The van der Waals surface area contributed by atoms with Crippen molar-refractivity contribution in [2.75, 3.05) is 34.0 Å². The molecule has 0 radical (unpaired) electrons. The van der Waals surface area contributed by atoms with Crippen LogP contribution in [0, 0.1) is 0 Å². The zero-order valence-electron chi connectivity index (χ0n) is 31.4. The number of thiazole rings is 1. The molecule has 1 aromatic heterocycles. The van der Waals surface area contributed by atoms with Gasteiger partial charge >= 0.3 is 11.9 Å². The Balaban J connectivity index is 1.43. The highest BCUT2D eigenvalue weighted by Crippen LogP contribution is 2.37. The molecule has 0 N–H and O–H groups in total. The molecule has 0 aliphatic carbocycles. The van der Waals surface area contributed by atoms with Crippen molar-refractivity contribution in [1.29, 1.82) is 0 Å². The zero-order valence-corrected chi connectivity index (χ0v) is 32.2. The maximum atomic E-state index is 14.4. The highest BCUT2D eigenvalue weighted by atomic mass is 32.1. The molecule has 0 bridgehead atoms. The van der Waals surface area contributed by atoms with Crippen molar-refractivity contribution in [3.05, 3.63) is 139 Å². The van der Waals surface area contributed by atoms with Crippen LogP contribution in [0.3, 0.4) is 0 Å². The second-order valence-electron chi connectivity index (χ2n) is 12.4. The fraction of sp³-hybridized carbons (Fsp3) is 0.256. The van der Waals surface area contributed by atoms with Crippen molar-refractivity contribution in [3.8, 4) is 23.0 Å². The quantitative estimate of drug-likeness (QED) is 0.0904. The van der Waals surface area contributed by atoms with Crippen LogP contribution in [0.15, 0.2) is 107 Å². The summed E-state index contributed by atoms with van der Waals surface area (Å²) in [4.78, 5) is 44.9. The first-order chi connectivity index (χ1) is 26.7. The third-order valence-corrected chi connectivity index (χ3v) is 9.94. The molecule has 1 aliphatic rings. The van der Waals surface area contributed by atoms with E-state index >= 15 is 0 Å². The number of carbonyl (C=O) groups is 2. The molecule has 2 heterocycles. The number of allylic oxidation sites excluding steroid dienone is 2. The highest BCUT2D eigenvalue weighted by Gasteiger charge is 2.34. The first-order valence-electron chi connectivity index (χ1n) is 17.8. The van der Waals surface area contributed by atoms with Gasteiger partial charge < -0.3 is 28.4 Å². The van der Waals surface area contributed by atoms with E-state index < -0.39 is 18.0 Å². The minimum absolute atomic E-state index is 0.133. The smallest absolute Gasteiger partial charge is 0.343 e. The lowest BCUT2D eigenvalue weighted by molar-refractivity contribution is -0.143. The van der Waals surface area contributed by atoms with Crippen LogP contribution in [-0.4, -0.2) is 50.5 Å². The van der Waals surface area contributed by atoms with E-state index in [1.807, 2.05) is 43.3 Å². The van der Waals surface area contributed by atoms with Crippen molar-refractivity contribution in [1.82, 2.24) is 4.57 Å². The van der Waals surface area contributed by atoms with Crippen molar-refractivity contribution in [3.63, 3.8) is 0 Å². The van der Waals surface area contributed by atoms with Gasteiger partial charge in [-0.05, 0) is 85.0 Å². The molecule has 0 spiro atoms. The molecular formula is C43H42N2O9S. The minimum Gasteiger partial charge on any atom is -0.493 e. The fourth-order valence-electron chi connectivity index (χ4n) is 6.49. The van der Waals surface area contributed by atoms with Gasteiger partial charge in [-0.3, -0.25) is 9.36 Å². The fourth-order valence-corrected chi connectivity index (χ4v) is 7.54. The predicted molar refractivity (Wildman–Crippen MR) is 211 cm³/mol. The molecule has 55 heavy (non-hydrogen) atoms. The standard InChI is InChI=1S/C43H42N2O9S/c1-7-13-30-20-27(21-35(49-5)40(30)54-24-31-16-12-15-28-14-10-11-17-32(28)31)22-36-41(47)45-39(38(42(48)52-9-3)26(4)44-43(45)55-36)29-18-19-33(34(23-29)51-8-2)53-25-37(46)50-6/h7,10-12,14-23,39H,1,8-9,13,24-25H2,2-6H3/b36-22-/t39-/m0/s1. The van der Waals surface area contributed by atoms with Crippen molar-refractivity contribution < 1.29 is 38.0 Å². The zero-order chi connectivity index (χ0) is 39.1. The molecule has 12 heteroatoms. The molecule has 4 aromatic carbocycles. The summed E-state index contributed by atoms with van der Waals surface area (Å²) >= 11 is 1.21. The van der Waals surface area contributed by atoms with Gasteiger partial charge in [0.2, 0.25) is 0 Å². The molecule has 0 amide bonds. The van der Waals surface area contributed by atoms with E-state index in [1.165, 1.54) is 23.0 Å². The van der Waals surface area contributed by atoms with Gasteiger partial charge in [0.05, 0.1) is 49.3 Å². The number of benzene rings is 4. The van der Waals surface area contributed by atoms with E-state index in [0.717, 1.165) is 21.9 Å². The summed E-state index contributed by atoms with van der Waals surface area (Å²) in [5.41, 5.74) is 3.43. The second-order valence-corrected chi connectivity index (χ2v) is 13.4. The van der Waals surface area contributed by atoms with Crippen LogP contribution < -0.4 is 33.8 Å².